The van der Waals surface area contributed by atoms with Crippen LogP contribution in [0.5, 0.6) is 11.5 Å². The molecule has 5 nitrogen and oxygen atoms in total. The topological polar surface area (TPSA) is 77.7 Å². The molecule has 2 aromatic rings. The second-order valence-electron chi connectivity index (χ2n) is 10.2. The van der Waals surface area contributed by atoms with E-state index in [1.54, 1.807) is 6.07 Å². The van der Waals surface area contributed by atoms with Gasteiger partial charge in [-0.25, -0.2) is 0 Å². The molecule has 0 spiro atoms. The number of aliphatic hydroxyl groups is 1. The Kier molecular flexibility index (Phi) is 4.25. The Morgan fingerprint density at radius 3 is 2.91 bits per heavy atom. The van der Waals surface area contributed by atoms with E-state index >= 15 is 0 Å². The molecule has 1 fully saturated rings. The molecule has 4 aliphatic rings. The van der Waals surface area contributed by atoms with Crippen LogP contribution in [0, 0.1) is 5.92 Å². The van der Waals surface area contributed by atoms with Crippen molar-refractivity contribution in [2.45, 2.75) is 63.0 Å². The summed E-state index contributed by atoms with van der Waals surface area (Å²) in [5.74, 6) is -0.0940. The zero-order valence-electron chi connectivity index (χ0n) is 18.7. The van der Waals surface area contributed by atoms with Crippen LogP contribution in [0.1, 0.15) is 59.8 Å². The van der Waals surface area contributed by atoms with Crippen molar-refractivity contribution in [3.8, 4) is 11.5 Å². The molecular weight excluding hydrogens is 400 g/mol. The monoisotopic (exact) mass is 432 g/mol. The lowest BCUT2D eigenvalue weighted by atomic mass is 9.49. The molecule has 1 saturated heterocycles. The summed E-state index contributed by atoms with van der Waals surface area (Å²) in [4.78, 5) is 0. The molecule has 0 saturated carbocycles. The number of benzene rings is 1. The van der Waals surface area contributed by atoms with Crippen LogP contribution in [0.25, 0.3) is 11.6 Å². The summed E-state index contributed by atoms with van der Waals surface area (Å²) in [7, 11) is 0. The minimum absolute atomic E-state index is 0.0479. The summed E-state index contributed by atoms with van der Waals surface area (Å²) in [5.41, 5.74) is 6.34. The van der Waals surface area contributed by atoms with Crippen LogP contribution in [0.2, 0.25) is 0 Å². The quantitative estimate of drug-likeness (QED) is 0.519. The number of nitrogens with zero attached hydrogens (tertiary/aromatic N) is 1. The van der Waals surface area contributed by atoms with Crippen LogP contribution in [-0.2, 0) is 31.2 Å². The highest BCUT2D eigenvalue weighted by atomic mass is 16.3. The average Bonchev–Trinajstić information content (AvgIpc) is 3.02. The van der Waals surface area contributed by atoms with Crippen LogP contribution in [0.3, 0.4) is 0 Å². The summed E-state index contributed by atoms with van der Waals surface area (Å²) in [5, 5.41) is 37.7. The number of phenolic OH excluding ortho intramolecular Hbond substituents is 2. The van der Waals surface area contributed by atoms with Crippen molar-refractivity contribution in [3.63, 3.8) is 0 Å². The SMILES string of the molecule is C=C1CCCn2c3c(c(/C=C\C)c21)CC1(O)C2CNCCC1(C3)c1c(ccc(O)c1O)C2. The van der Waals surface area contributed by atoms with Gasteiger partial charge >= 0.3 is 0 Å². The van der Waals surface area contributed by atoms with Gasteiger partial charge in [0.1, 0.15) is 0 Å². The minimum Gasteiger partial charge on any atom is -0.504 e. The number of aromatic hydroxyl groups is 2. The van der Waals surface area contributed by atoms with Gasteiger partial charge in [-0.2, -0.15) is 0 Å². The standard InChI is InChI=1S/C27H32N2O3/c1-3-5-19-20-13-27(32)18-12-17-7-8-22(30)25(31)23(17)26(27,9-10-28-15-18)14-21(20)29-11-4-6-16(2)24(19)29/h3,5,7-8,18,28,30-32H,2,4,6,9-15H2,1H3/b5-3-. The van der Waals surface area contributed by atoms with E-state index in [4.69, 9.17) is 0 Å². The van der Waals surface area contributed by atoms with E-state index in [0.717, 1.165) is 50.0 Å². The second-order valence-corrected chi connectivity index (χ2v) is 10.2. The van der Waals surface area contributed by atoms with Crippen LogP contribution in [0.4, 0.5) is 0 Å². The van der Waals surface area contributed by atoms with Gasteiger partial charge in [-0.15, -0.1) is 0 Å². The number of hydrogen-bond donors (Lipinski definition) is 4. The van der Waals surface area contributed by atoms with Gasteiger partial charge in [0, 0.05) is 54.1 Å². The first-order chi connectivity index (χ1) is 15.4. The molecule has 5 heteroatoms. The summed E-state index contributed by atoms with van der Waals surface area (Å²) in [6.07, 6.45) is 9.01. The molecule has 6 rings (SSSR count). The predicted molar refractivity (Wildman–Crippen MR) is 126 cm³/mol. The number of allylic oxidation sites excluding steroid dienone is 2. The molecule has 1 aromatic carbocycles. The van der Waals surface area contributed by atoms with Crippen molar-refractivity contribution < 1.29 is 15.3 Å². The van der Waals surface area contributed by atoms with Crippen molar-refractivity contribution in [1.82, 2.24) is 9.88 Å². The first-order valence-electron chi connectivity index (χ1n) is 11.9. The molecular formula is C27H32N2O3. The number of aromatic nitrogens is 1. The van der Waals surface area contributed by atoms with E-state index in [0.29, 0.717) is 19.3 Å². The van der Waals surface area contributed by atoms with Gasteiger partial charge in [0.05, 0.1) is 11.3 Å². The maximum atomic E-state index is 12.6. The maximum absolute atomic E-state index is 12.6. The van der Waals surface area contributed by atoms with Crippen LogP contribution >= 0.6 is 0 Å². The van der Waals surface area contributed by atoms with Crippen molar-refractivity contribution in [3.05, 3.63) is 58.4 Å². The van der Waals surface area contributed by atoms with E-state index < -0.39 is 11.0 Å². The predicted octanol–water partition coefficient (Wildman–Crippen LogP) is 3.67. The third kappa shape index (κ3) is 2.36. The second kappa shape index (κ2) is 6.75. The highest BCUT2D eigenvalue weighted by Gasteiger charge is 2.63. The van der Waals surface area contributed by atoms with Gasteiger partial charge in [-0.05, 0) is 61.9 Å². The highest BCUT2D eigenvalue weighted by Crippen LogP contribution is 2.60. The summed E-state index contributed by atoms with van der Waals surface area (Å²) in [6, 6.07) is 3.54. The Labute approximate surface area is 189 Å². The molecule has 3 atom stereocenters. The fourth-order valence-corrected chi connectivity index (χ4v) is 7.41. The van der Waals surface area contributed by atoms with E-state index in [1.807, 2.05) is 13.0 Å². The van der Waals surface area contributed by atoms with Gasteiger partial charge in [-0.1, -0.05) is 24.8 Å². The lowest BCUT2D eigenvalue weighted by Gasteiger charge is -2.57. The number of fused-ring (bicyclic) bond motifs is 4. The third-order valence-electron chi connectivity index (χ3n) is 8.78. The van der Waals surface area contributed by atoms with Gasteiger partial charge < -0.3 is 25.2 Å². The zero-order valence-corrected chi connectivity index (χ0v) is 18.7. The normalized spacial score (nSPS) is 30.9. The number of rotatable bonds is 1. The fourth-order valence-electron chi connectivity index (χ4n) is 7.41. The molecule has 0 radical (unpaired) electrons. The number of nitrogens with one attached hydrogen (secondary N) is 1. The van der Waals surface area contributed by atoms with Crippen molar-refractivity contribution in [2.75, 3.05) is 13.1 Å². The van der Waals surface area contributed by atoms with Gasteiger partial charge in [0.25, 0.3) is 0 Å². The average molecular weight is 433 g/mol. The number of phenols is 2. The Morgan fingerprint density at radius 1 is 1.25 bits per heavy atom. The smallest absolute Gasteiger partial charge is 0.161 e. The Bertz CT molecular complexity index is 1180. The molecule has 1 aromatic heterocycles. The highest BCUT2D eigenvalue weighted by molar-refractivity contribution is 5.76. The third-order valence-corrected chi connectivity index (χ3v) is 8.78. The zero-order chi connectivity index (χ0) is 22.3. The molecule has 0 amide bonds. The molecule has 2 aliphatic heterocycles. The van der Waals surface area contributed by atoms with E-state index in [2.05, 4.69) is 28.6 Å². The Hall–Kier alpha value is -2.50. The minimum atomic E-state index is -0.989. The Morgan fingerprint density at radius 2 is 2.09 bits per heavy atom. The molecule has 168 valence electrons. The van der Waals surface area contributed by atoms with E-state index in [1.165, 1.54) is 28.1 Å². The summed E-state index contributed by atoms with van der Waals surface area (Å²) in [6.45, 7) is 8.94. The molecule has 3 unspecified atom stereocenters. The molecule has 2 bridgehead atoms. The van der Waals surface area contributed by atoms with Crippen LogP contribution in [-0.4, -0.2) is 38.6 Å². The van der Waals surface area contributed by atoms with E-state index in [9.17, 15) is 15.3 Å². The van der Waals surface area contributed by atoms with Gasteiger partial charge in [-0.3, -0.25) is 0 Å². The summed E-state index contributed by atoms with van der Waals surface area (Å²) < 4.78 is 2.44. The van der Waals surface area contributed by atoms with Crippen molar-refractivity contribution >= 4 is 11.6 Å². The fraction of sp³-hybridized carbons (Fsp3) is 0.481. The van der Waals surface area contributed by atoms with E-state index in [-0.39, 0.29) is 17.4 Å². The first-order valence-corrected chi connectivity index (χ1v) is 11.9. The Balaban J connectivity index is 1.67. The largest absolute Gasteiger partial charge is 0.504 e. The molecule has 2 aliphatic carbocycles. The van der Waals surface area contributed by atoms with Gasteiger partial charge in [0.2, 0.25) is 0 Å². The lowest BCUT2D eigenvalue weighted by molar-refractivity contribution is -0.0988. The maximum Gasteiger partial charge on any atom is 0.161 e. The first kappa shape index (κ1) is 20.1. The lowest BCUT2D eigenvalue weighted by Crippen LogP contribution is -2.64. The van der Waals surface area contributed by atoms with Crippen molar-refractivity contribution in [1.29, 1.82) is 0 Å². The van der Waals surface area contributed by atoms with Gasteiger partial charge in [0.15, 0.2) is 11.5 Å². The molecule has 3 heterocycles. The van der Waals surface area contributed by atoms with Crippen LogP contribution in [0.15, 0.2) is 24.8 Å². The van der Waals surface area contributed by atoms with Crippen molar-refractivity contribution in [2.24, 2.45) is 5.92 Å². The number of hydrogen-bond acceptors (Lipinski definition) is 4. The van der Waals surface area contributed by atoms with Crippen LogP contribution < -0.4 is 5.32 Å². The molecule has 32 heavy (non-hydrogen) atoms. The summed E-state index contributed by atoms with van der Waals surface area (Å²) >= 11 is 0. The molecule has 4 N–H and O–H groups in total.